The monoisotopic (exact) mass is 309 g/mol. The van der Waals surface area contributed by atoms with Gasteiger partial charge in [0.1, 0.15) is 0 Å². The van der Waals surface area contributed by atoms with E-state index in [0.717, 1.165) is 39.0 Å². The maximum absolute atomic E-state index is 12.5. The van der Waals surface area contributed by atoms with E-state index in [4.69, 9.17) is 4.74 Å². The lowest BCUT2D eigenvalue weighted by Gasteiger charge is -2.32. The van der Waals surface area contributed by atoms with Gasteiger partial charge in [-0.2, -0.15) is 0 Å². The van der Waals surface area contributed by atoms with Crippen LogP contribution in [0.25, 0.3) is 0 Å². The molecule has 1 unspecified atom stereocenters. The van der Waals surface area contributed by atoms with E-state index in [1.165, 1.54) is 18.2 Å². The number of carbonyl (C=O) groups excluding carboxylic acids is 1. The van der Waals surface area contributed by atoms with Crippen molar-refractivity contribution >= 4 is 17.7 Å². The molecule has 6 heteroatoms. The summed E-state index contributed by atoms with van der Waals surface area (Å²) in [6.45, 7) is 2.48. The molecule has 1 aromatic heterocycles. The first-order chi connectivity index (χ1) is 10.2. The minimum Gasteiger partial charge on any atom is -0.385 e. The van der Waals surface area contributed by atoms with Gasteiger partial charge in [-0.05, 0) is 37.9 Å². The van der Waals surface area contributed by atoms with Gasteiger partial charge in [-0.25, -0.2) is 9.97 Å². The third-order valence-electron chi connectivity index (χ3n) is 3.82. The summed E-state index contributed by atoms with van der Waals surface area (Å²) in [6.07, 6.45) is 9.66. The normalized spacial score (nSPS) is 18.8. The fourth-order valence-corrected chi connectivity index (χ4v) is 3.03. The average molecular weight is 309 g/mol. The Labute approximate surface area is 130 Å². The Morgan fingerprint density at radius 1 is 1.48 bits per heavy atom. The lowest BCUT2D eigenvalue weighted by Crippen LogP contribution is -2.40. The average Bonchev–Trinajstić information content (AvgIpc) is 2.55. The molecule has 0 spiro atoms. The Balaban J connectivity index is 1.91. The van der Waals surface area contributed by atoms with Gasteiger partial charge < -0.3 is 9.64 Å². The summed E-state index contributed by atoms with van der Waals surface area (Å²) in [4.78, 5) is 22.8. The van der Waals surface area contributed by atoms with Crippen molar-refractivity contribution in [3.8, 4) is 0 Å². The van der Waals surface area contributed by atoms with Gasteiger partial charge in [-0.15, -0.1) is 0 Å². The highest BCUT2D eigenvalue weighted by Crippen LogP contribution is 2.22. The number of hydrogen-bond acceptors (Lipinski definition) is 5. The van der Waals surface area contributed by atoms with Crippen molar-refractivity contribution in [2.75, 3.05) is 33.1 Å². The molecule has 1 amide bonds. The molecule has 1 fully saturated rings. The van der Waals surface area contributed by atoms with Crippen LogP contribution < -0.4 is 0 Å². The Morgan fingerprint density at radius 2 is 2.24 bits per heavy atom. The van der Waals surface area contributed by atoms with Crippen molar-refractivity contribution in [1.82, 2.24) is 14.9 Å². The van der Waals surface area contributed by atoms with Crippen LogP contribution in [0.15, 0.2) is 17.6 Å². The van der Waals surface area contributed by atoms with Gasteiger partial charge in [0.25, 0.3) is 5.91 Å². The summed E-state index contributed by atoms with van der Waals surface area (Å²) in [5.41, 5.74) is 0.588. The number of hydrogen-bond donors (Lipinski definition) is 0. The van der Waals surface area contributed by atoms with Gasteiger partial charge in [-0.1, -0.05) is 11.8 Å². The summed E-state index contributed by atoms with van der Waals surface area (Å²) >= 11 is 1.48. The van der Waals surface area contributed by atoms with E-state index in [2.05, 4.69) is 9.97 Å². The molecule has 2 rings (SSSR count). The Kier molecular flexibility index (Phi) is 6.45. The van der Waals surface area contributed by atoms with Crippen molar-refractivity contribution in [2.24, 2.45) is 5.92 Å². The molecule has 1 atom stereocenters. The van der Waals surface area contributed by atoms with Gasteiger partial charge in [-0.3, -0.25) is 4.79 Å². The highest BCUT2D eigenvalue weighted by atomic mass is 32.2. The second-order valence-corrected chi connectivity index (χ2v) is 6.13. The van der Waals surface area contributed by atoms with Crippen molar-refractivity contribution in [3.05, 3.63) is 18.0 Å². The first-order valence-electron chi connectivity index (χ1n) is 7.39. The maximum atomic E-state index is 12.5. The molecule has 116 valence electrons. The number of ether oxygens (including phenoxy) is 1. The second kappa shape index (κ2) is 8.34. The molecule has 0 saturated carbocycles. The lowest BCUT2D eigenvalue weighted by atomic mass is 9.93. The van der Waals surface area contributed by atoms with Crippen LogP contribution in [0.3, 0.4) is 0 Å². The van der Waals surface area contributed by atoms with E-state index in [9.17, 15) is 4.79 Å². The summed E-state index contributed by atoms with van der Waals surface area (Å²) in [7, 11) is 1.73. The number of piperidine rings is 1. The predicted octanol–water partition coefficient (Wildman–Crippen LogP) is 2.48. The van der Waals surface area contributed by atoms with E-state index in [-0.39, 0.29) is 5.91 Å². The molecule has 0 bridgehead atoms. The standard InChI is InChI=1S/C15H23N3O2S/c1-20-8-4-6-12-5-3-7-18(11-12)14(19)13-9-16-15(21-2)17-10-13/h9-10,12H,3-8,11H2,1-2H3. The topological polar surface area (TPSA) is 55.3 Å². The highest BCUT2D eigenvalue weighted by Gasteiger charge is 2.24. The van der Waals surface area contributed by atoms with Gasteiger partial charge >= 0.3 is 0 Å². The summed E-state index contributed by atoms with van der Waals surface area (Å²) in [5, 5.41) is 0.697. The molecule has 0 aromatic carbocycles. The quantitative estimate of drug-likeness (QED) is 0.459. The van der Waals surface area contributed by atoms with Crippen molar-refractivity contribution in [3.63, 3.8) is 0 Å². The molecule has 1 aliphatic rings. The van der Waals surface area contributed by atoms with Gasteiger partial charge in [0, 0.05) is 39.2 Å². The largest absolute Gasteiger partial charge is 0.385 e. The third kappa shape index (κ3) is 4.68. The van der Waals surface area contributed by atoms with Crippen LogP contribution in [-0.2, 0) is 4.74 Å². The van der Waals surface area contributed by atoms with Crippen LogP contribution in [0.1, 0.15) is 36.0 Å². The highest BCUT2D eigenvalue weighted by molar-refractivity contribution is 7.98. The van der Waals surface area contributed by atoms with Crippen LogP contribution in [-0.4, -0.2) is 53.8 Å². The van der Waals surface area contributed by atoms with Gasteiger partial charge in [0.05, 0.1) is 5.56 Å². The van der Waals surface area contributed by atoms with Crippen LogP contribution in [0.4, 0.5) is 0 Å². The molecule has 0 aliphatic carbocycles. The number of carbonyl (C=O) groups is 1. The molecule has 2 heterocycles. The van der Waals surface area contributed by atoms with Crippen molar-refractivity contribution in [1.29, 1.82) is 0 Å². The Morgan fingerprint density at radius 3 is 2.90 bits per heavy atom. The molecular weight excluding hydrogens is 286 g/mol. The zero-order valence-electron chi connectivity index (χ0n) is 12.7. The molecule has 0 N–H and O–H groups in total. The first kappa shape index (κ1) is 16.2. The fraction of sp³-hybridized carbons (Fsp3) is 0.667. The predicted molar refractivity (Wildman–Crippen MR) is 83.6 cm³/mol. The second-order valence-electron chi connectivity index (χ2n) is 5.35. The molecule has 5 nitrogen and oxygen atoms in total. The van der Waals surface area contributed by atoms with Crippen LogP contribution in [0, 0.1) is 5.92 Å². The van der Waals surface area contributed by atoms with Crippen LogP contribution >= 0.6 is 11.8 Å². The summed E-state index contributed by atoms with van der Waals surface area (Å²) in [6, 6.07) is 0. The molecule has 1 saturated heterocycles. The van der Waals surface area contributed by atoms with E-state index < -0.39 is 0 Å². The smallest absolute Gasteiger partial charge is 0.257 e. The van der Waals surface area contributed by atoms with E-state index in [0.29, 0.717) is 16.6 Å². The van der Waals surface area contributed by atoms with Gasteiger partial charge in [0.15, 0.2) is 5.16 Å². The third-order valence-corrected chi connectivity index (χ3v) is 4.40. The number of thioether (sulfide) groups is 1. The lowest BCUT2D eigenvalue weighted by molar-refractivity contribution is 0.0659. The SMILES string of the molecule is COCCCC1CCCN(C(=O)c2cnc(SC)nc2)C1. The maximum Gasteiger partial charge on any atom is 0.257 e. The number of aromatic nitrogens is 2. The van der Waals surface area contributed by atoms with E-state index in [1.807, 2.05) is 11.2 Å². The molecule has 1 aromatic rings. The first-order valence-corrected chi connectivity index (χ1v) is 8.61. The molecule has 1 aliphatic heterocycles. The van der Waals surface area contributed by atoms with Gasteiger partial charge in [0.2, 0.25) is 0 Å². The minimum absolute atomic E-state index is 0.0547. The van der Waals surface area contributed by atoms with E-state index in [1.54, 1.807) is 19.5 Å². The van der Waals surface area contributed by atoms with E-state index >= 15 is 0 Å². The summed E-state index contributed by atoms with van der Waals surface area (Å²) in [5.74, 6) is 0.642. The van der Waals surface area contributed by atoms with Crippen LogP contribution in [0.2, 0.25) is 0 Å². The minimum atomic E-state index is 0.0547. The molecular formula is C15H23N3O2S. The Hall–Kier alpha value is -1.14. The van der Waals surface area contributed by atoms with Crippen LogP contribution in [0.5, 0.6) is 0 Å². The molecule has 0 radical (unpaired) electrons. The zero-order valence-corrected chi connectivity index (χ0v) is 13.6. The Bertz CT molecular complexity index is 453. The zero-order chi connectivity index (χ0) is 15.1. The number of amides is 1. The van der Waals surface area contributed by atoms with Crippen molar-refractivity contribution < 1.29 is 9.53 Å². The number of methoxy groups -OCH3 is 1. The van der Waals surface area contributed by atoms with Crippen molar-refractivity contribution in [2.45, 2.75) is 30.8 Å². The number of nitrogens with zero attached hydrogens (tertiary/aromatic N) is 3. The molecule has 21 heavy (non-hydrogen) atoms. The number of rotatable bonds is 6. The summed E-state index contributed by atoms with van der Waals surface area (Å²) < 4.78 is 5.10. The number of likely N-dealkylation sites (tertiary alicyclic amines) is 1. The fourth-order valence-electron chi connectivity index (χ4n) is 2.72.